The van der Waals surface area contributed by atoms with E-state index in [2.05, 4.69) is 114 Å². The highest BCUT2D eigenvalue weighted by Crippen LogP contribution is 2.39. The molecule has 0 fully saturated rings. The smallest absolute Gasteiger partial charge is 0.0619 e. The quantitative estimate of drug-likeness (QED) is 0.119. The molecule has 0 bridgehead atoms. The van der Waals surface area contributed by atoms with Crippen molar-refractivity contribution < 1.29 is 0 Å². The third-order valence-corrected chi connectivity index (χ3v) is 8.16. The van der Waals surface area contributed by atoms with Crippen LogP contribution in [0.4, 0.5) is 0 Å². The third kappa shape index (κ3) is 5.23. The Kier molecular flexibility index (Phi) is 7.98. The Morgan fingerprint density at radius 3 is 2.50 bits per heavy atom. The molecule has 1 heterocycles. The molecule has 0 aliphatic heterocycles. The standard InChI is InChI=1S/C40H36N4/c1-4-5-14-37(42)27(2)23-32(26-41)30-17-20-34-31(25-30)18-21-36-35-19-16-28(10-9-22-43-3)24-39(35)44(40(34)36)38-15-8-12-29-11-6-7-13-33(29)38/h4-9,11-26,42-43H,1,10,41H2,2-3H3/b14-5-,22-9-,27-23+,32-26+,42-37?. The highest BCUT2D eigenvalue weighted by Gasteiger charge is 2.17. The average molecular weight is 573 g/mol. The molecule has 0 atom stereocenters. The number of nitrogens with one attached hydrogen (secondary N) is 2. The molecular weight excluding hydrogens is 536 g/mol. The Bertz CT molecular complexity index is 2180. The maximum atomic E-state index is 8.35. The Balaban J connectivity index is 1.60. The van der Waals surface area contributed by atoms with Crippen LogP contribution >= 0.6 is 0 Å². The minimum absolute atomic E-state index is 0.423. The van der Waals surface area contributed by atoms with E-state index in [4.69, 9.17) is 11.1 Å². The molecule has 0 saturated heterocycles. The molecular formula is C40H36N4. The Labute approximate surface area is 258 Å². The SMILES string of the molecule is C=C/C=C\C(=N)/C(C)=C/C(=C\N)c1ccc2c(ccc3c4ccc(C/C=C\NC)cc4n(-c4cccc5ccccc45)c23)c1. The van der Waals surface area contributed by atoms with Gasteiger partial charge in [0.05, 0.1) is 22.4 Å². The predicted molar refractivity (Wildman–Crippen MR) is 191 cm³/mol. The first-order chi connectivity index (χ1) is 21.5. The van der Waals surface area contributed by atoms with E-state index in [1.54, 1.807) is 24.4 Å². The predicted octanol–water partition coefficient (Wildman–Crippen LogP) is 9.37. The number of aromatic nitrogens is 1. The lowest BCUT2D eigenvalue weighted by molar-refractivity contribution is 1.08. The van der Waals surface area contributed by atoms with Gasteiger partial charge in [-0.3, -0.25) is 0 Å². The van der Waals surface area contributed by atoms with E-state index >= 15 is 0 Å². The molecule has 0 aliphatic carbocycles. The van der Waals surface area contributed by atoms with Crippen molar-refractivity contribution in [2.45, 2.75) is 13.3 Å². The normalized spacial score (nSPS) is 12.8. The summed E-state index contributed by atoms with van der Waals surface area (Å²) in [5.74, 6) is 0. The van der Waals surface area contributed by atoms with Crippen LogP contribution in [0.3, 0.4) is 0 Å². The second kappa shape index (κ2) is 12.3. The van der Waals surface area contributed by atoms with Crippen molar-refractivity contribution in [1.29, 1.82) is 5.41 Å². The summed E-state index contributed by atoms with van der Waals surface area (Å²) in [6, 6.07) is 32.9. The Morgan fingerprint density at radius 1 is 0.886 bits per heavy atom. The van der Waals surface area contributed by atoms with E-state index in [0.29, 0.717) is 5.71 Å². The highest BCUT2D eigenvalue weighted by molar-refractivity contribution is 6.19. The zero-order valence-corrected chi connectivity index (χ0v) is 25.1. The average Bonchev–Trinajstić information content (AvgIpc) is 3.39. The number of nitrogens with two attached hydrogens (primary N) is 1. The maximum Gasteiger partial charge on any atom is 0.0619 e. The lowest BCUT2D eigenvalue weighted by Gasteiger charge is -2.14. The lowest BCUT2D eigenvalue weighted by atomic mass is 9.97. The van der Waals surface area contributed by atoms with Gasteiger partial charge in [0.1, 0.15) is 0 Å². The minimum Gasteiger partial charge on any atom is -0.404 e. The summed E-state index contributed by atoms with van der Waals surface area (Å²) in [6.07, 6.45) is 13.7. The van der Waals surface area contributed by atoms with Gasteiger partial charge in [0.25, 0.3) is 0 Å². The van der Waals surface area contributed by atoms with Crippen molar-refractivity contribution in [3.05, 3.63) is 157 Å². The molecule has 44 heavy (non-hydrogen) atoms. The van der Waals surface area contributed by atoms with Crippen molar-refractivity contribution in [3.63, 3.8) is 0 Å². The van der Waals surface area contributed by atoms with Gasteiger partial charge in [-0.15, -0.1) is 0 Å². The number of rotatable bonds is 9. The summed E-state index contributed by atoms with van der Waals surface area (Å²) in [7, 11) is 1.92. The van der Waals surface area contributed by atoms with Gasteiger partial charge in [-0.25, -0.2) is 0 Å². The lowest BCUT2D eigenvalue weighted by Crippen LogP contribution is -1.97. The number of nitrogens with zero attached hydrogens (tertiary/aromatic N) is 1. The van der Waals surface area contributed by atoms with Crippen molar-refractivity contribution in [2.75, 3.05) is 7.05 Å². The van der Waals surface area contributed by atoms with Gasteiger partial charge in [-0.05, 0) is 82.9 Å². The Morgan fingerprint density at radius 2 is 1.68 bits per heavy atom. The molecule has 6 rings (SSSR count). The fourth-order valence-corrected chi connectivity index (χ4v) is 5.99. The first-order valence-electron chi connectivity index (χ1n) is 14.8. The van der Waals surface area contributed by atoms with Crippen LogP contribution in [-0.2, 0) is 6.42 Å². The van der Waals surface area contributed by atoms with Gasteiger partial charge in [0, 0.05) is 34.8 Å². The molecule has 1 aromatic heterocycles. The fourth-order valence-electron chi connectivity index (χ4n) is 5.99. The molecule has 5 aromatic carbocycles. The number of fused-ring (bicyclic) bond motifs is 6. The van der Waals surface area contributed by atoms with Gasteiger partial charge in [-0.2, -0.15) is 0 Å². The molecule has 0 radical (unpaired) electrons. The second-order valence-electron chi connectivity index (χ2n) is 10.9. The van der Waals surface area contributed by atoms with Crippen LogP contribution < -0.4 is 11.1 Å². The number of benzene rings is 5. The zero-order chi connectivity index (χ0) is 30.6. The van der Waals surface area contributed by atoms with Crippen molar-refractivity contribution in [3.8, 4) is 5.69 Å². The van der Waals surface area contributed by atoms with Crippen molar-refractivity contribution in [2.24, 2.45) is 5.73 Å². The molecule has 216 valence electrons. The van der Waals surface area contributed by atoms with Crippen LogP contribution in [0.2, 0.25) is 0 Å². The number of hydrogen-bond donors (Lipinski definition) is 3. The van der Waals surface area contributed by atoms with E-state index in [9.17, 15) is 0 Å². The Hall–Kier alpha value is -5.61. The third-order valence-electron chi connectivity index (χ3n) is 8.16. The van der Waals surface area contributed by atoms with Gasteiger partial charge in [0.15, 0.2) is 0 Å². The van der Waals surface area contributed by atoms with Crippen molar-refractivity contribution >= 4 is 54.6 Å². The van der Waals surface area contributed by atoms with E-state index < -0.39 is 0 Å². The van der Waals surface area contributed by atoms with Gasteiger partial charge >= 0.3 is 0 Å². The molecule has 6 aromatic rings. The first kappa shape index (κ1) is 28.5. The summed E-state index contributed by atoms with van der Waals surface area (Å²) in [6.45, 7) is 5.63. The van der Waals surface area contributed by atoms with Gasteiger partial charge in [-0.1, -0.05) is 97.6 Å². The van der Waals surface area contributed by atoms with E-state index in [0.717, 1.165) is 34.2 Å². The summed E-state index contributed by atoms with van der Waals surface area (Å²) in [5, 5.41) is 18.6. The topological polar surface area (TPSA) is 66.8 Å². The van der Waals surface area contributed by atoms with Crippen molar-refractivity contribution in [1.82, 2.24) is 9.88 Å². The summed E-state index contributed by atoms with van der Waals surface area (Å²) in [4.78, 5) is 0. The first-order valence-corrected chi connectivity index (χ1v) is 14.8. The van der Waals surface area contributed by atoms with Crippen LogP contribution in [0.1, 0.15) is 18.1 Å². The number of allylic oxidation sites excluding steroid dienone is 7. The largest absolute Gasteiger partial charge is 0.404 e. The molecule has 4 N–H and O–H groups in total. The van der Waals surface area contributed by atoms with E-state index in [1.807, 2.05) is 26.2 Å². The van der Waals surface area contributed by atoms with E-state index in [1.165, 1.54) is 43.5 Å². The van der Waals surface area contributed by atoms with Crippen LogP contribution in [0.15, 0.2) is 146 Å². The van der Waals surface area contributed by atoms with Crippen LogP contribution in [0.5, 0.6) is 0 Å². The van der Waals surface area contributed by atoms with Crippen LogP contribution in [-0.4, -0.2) is 17.3 Å². The molecule has 4 heteroatoms. The summed E-state index contributed by atoms with van der Waals surface area (Å²) >= 11 is 0. The van der Waals surface area contributed by atoms with Crippen LogP contribution in [0, 0.1) is 5.41 Å². The summed E-state index contributed by atoms with van der Waals surface area (Å²) < 4.78 is 2.44. The molecule has 0 saturated carbocycles. The van der Waals surface area contributed by atoms with Gasteiger partial charge in [0.2, 0.25) is 0 Å². The highest BCUT2D eigenvalue weighted by atomic mass is 15.0. The maximum absolute atomic E-state index is 8.35. The van der Waals surface area contributed by atoms with Crippen LogP contribution in [0.25, 0.3) is 54.6 Å². The zero-order valence-electron chi connectivity index (χ0n) is 25.1. The number of hydrogen-bond acceptors (Lipinski definition) is 3. The second-order valence-corrected chi connectivity index (χ2v) is 10.9. The molecule has 0 amide bonds. The minimum atomic E-state index is 0.423. The molecule has 4 nitrogen and oxygen atoms in total. The van der Waals surface area contributed by atoms with E-state index in [-0.39, 0.29) is 0 Å². The summed E-state index contributed by atoms with van der Waals surface area (Å²) in [5.41, 5.74) is 14.0. The fraction of sp³-hybridized carbons (Fsp3) is 0.0750. The monoisotopic (exact) mass is 572 g/mol. The van der Waals surface area contributed by atoms with Gasteiger partial charge < -0.3 is 21.0 Å². The molecule has 0 unspecified atom stereocenters. The molecule has 0 spiro atoms. The molecule has 0 aliphatic rings.